The van der Waals surface area contributed by atoms with Gasteiger partial charge < -0.3 is 15.0 Å². The molecule has 0 saturated carbocycles. The zero-order chi connectivity index (χ0) is 25.3. The third kappa shape index (κ3) is 5.06. The minimum absolute atomic E-state index is 0.0275. The maximum atomic E-state index is 13.8. The Morgan fingerprint density at radius 2 is 1.97 bits per heavy atom. The van der Waals surface area contributed by atoms with Crippen LogP contribution in [0.15, 0.2) is 36.7 Å². The van der Waals surface area contributed by atoms with Crippen LogP contribution in [0.2, 0.25) is 0 Å². The van der Waals surface area contributed by atoms with Crippen molar-refractivity contribution in [3.63, 3.8) is 0 Å². The van der Waals surface area contributed by atoms with Gasteiger partial charge in [0.25, 0.3) is 0 Å². The standard InChI is InChI=1S/C24H28F3N7O/c1-5-17(23-33-29-12-34(23)4)15-7-6-8-16(9-15)21-18-10-19(24(25,26)27)30-20(22(18)32-31-21)14(3)28-11-13(2)35/h6-10,12-14,17,28,35H,5,11H2,1-4H3,(H,31,32)/t13-,14+,17+/m0/s1. The van der Waals surface area contributed by atoms with Crippen LogP contribution in [0.4, 0.5) is 13.2 Å². The fourth-order valence-electron chi connectivity index (χ4n) is 4.24. The molecule has 3 aromatic heterocycles. The number of nitrogens with one attached hydrogen (secondary N) is 2. The second kappa shape index (κ2) is 9.74. The number of aliphatic hydroxyl groups is 1. The predicted molar refractivity (Wildman–Crippen MR) is 126 cm³/mol. The predicted octanol–water partition coefficient (Wildman–Crippen LogP) is 4.35. The second-order valence-electron chi connectivity index (χ2n) is 8.75. The average molecular weight is 488 g/mol. The first-order valence-electron chi connectivity index (χ1n) is 11.4. The highest BCUT2D eigenvalue weighted by Gasteiger charge is 2.35. The Morgan fingerprint density at radius 3 is 2.60 bits per heavy atom. The minimum Gasteiger partial charge on any atom is -0.392 e. The number of hydrogen-bond donors (Lipinski definition) is 3. The van der Waals surface area contributed by atoms with Crippen LogP contribution in [0.3, 0.4) is 0 Å². The van der Waals surface area contributed by atoms with E-state index >= 15 is 0 Å². The average Bonchev–Trinajstić information content (AvgIpc) is 3.43. The Hall–Kier alpha value is -3.31. The summed E-state index contributed by atoms with van der Waals surface area (Å²) in [7, 11) is 1.88. The summed E-state index contributed by atoms with van der Waals surface area (Å²) in [5, 5.41) is 28.4. The van der Waals surface area contributed by atoms with Gasteiger partial charge in [0, 0.05) is 36.5 Å². The Morgan fingerprint density at radius 1 is 1.20 bits per heavy atom. The topological polar surface area (TPSA) is 105 Å². The van der Waals surface area contributed by atoms with Gasteiger partial charge in [-0.05, 0) is 38.0 Å². The number of aliphatic hydroxyl groups excluding tert-OH is 1. The molecule has 0 aliphatic heterocycles. The molecule has 3 atom stereocenters. The van der Waals surface area contributed by atoms with E-state index in [4.69, 9.17) is 0 Å². The molecular weight excluding hydrogens is 459 g/mol. The summed E-state index contributed by atoms with van der Waals surface area (Å²) in [5.41, 5.74) is 1.68. The molecule has 0 radical (unpaired) electrons. The zero-order valence-corrected chi connectivity index (χ0v) is 19.9. The Labute approximate surface area is 200 Å². The van der Waals surface area contributed by atoms with Gasteiger partial charge in [0.1, 0.15) is 23.5 Å². The lowest BCUT2D eigenvalue weighted by Gasteiger charge is -2.17. The molecule has 1 aromatic carbocycles. The number of H-pyrrole nitrogens is 1. The van der Waals surface area contributed by atoms with Crippen LogP contribution in [0.5, 0.6) is 0 Å². The number of rotatable bonds is 8. The molecular formula is C24H28F3N7O. The van der Waals surface area contributed by atoms with Crippen molar-refractivity contribution < 1.29 is 18.3 Å². The highest BCUT2D eigenvalue weighted by molar-refractivity contribution is 5.94. The van der Waals surface area contributed by atoms with Crippen molar-refractivity contribution in [3.8, 4) is 11.3 Å². The van der Waals surface area contributed by atoms with Crippen LogP contribution in [0.25, 0.3) is 22.2 Å². The van der Waals surface area contributed by atoms with Crippen LogP contribution in [0, 0.1) is 0 Å². The minimum atomic E-state index is -4.62. The van der Waals surface area contributed by atoms with Gasteiger partial charge in [0.15, 0.2) is 0 Å². The van der Waals surface area contributed by atoms with Crippen LogP contribution < -0.4 is 5.32 Å². The second-order valence-corrected chi connectivity index (χ2v) is 8.75. The number of aromatic amines is 1. The van der Waals surface area contributed by atoms with Gasteiger partial charge in [-0.3, -0.25) is 5.10 Å². The largest absolute Gasteiger partial charge is 0.433 e. The molecule has 0 unspecified atom stereocenters. The molecule has 4 aromatic rings. The normalized spacial score (nSPS) is 14.9. The summed E-state index contributed by atoms with van der Waals surface area (Å²) >= 11 is 0. The van der Waals surface area contributed by atoms with Crippen molar-refractivity contribution in [3.05, 3.63) is 59.4 Å². The molecule has 0 amide bonds. The first kappa shape index (κ1) is 24.8. The molecule has 0 saturated heterocycles. The van der Waals surface area contributed by atoms with E-state index in [9.17, 15) is 18.3 Å². The Balaban J connectivity index is 1.82. The van der Waals surface area contributed by atoms with Gasteiger partial charge in [-0.25, -0.2) is 4.98 Å². The van der Waals surface area contributed by atoms with E-state index in [1.165, 1.54) is 0 Å². The van der Waals surface area contributed by atoms with E-state index in [1.54, 1.807) is 20.2 Å². The quantitative estimate of drug-likeness (QED) is 0.341. The number of halogens is 3. The first-order chi connectivity index (χ1) is 16.6. The van der Waals surface area contributed by atoms with Gasteiger partial charge in [0.2, 0.25) is 0 Å². The van der Waals surface area contributed by atoms with E-state index < -0.39 is 24.0 Å². The van der Waals surface area contributed by atoms with Crippen LogP contribution in [-0.2, 0) is 13.2 Å². The third-order valence-electron chi connectivity index (χ3n) is 6.03. The molecule has 0 aliphatic rings. The molecule has 4 rings (SSSR count). The molecule has 11 heteroatoms. The third-order valence-corrected chi connectivity index (χ3v) is 6.03. The van der Waals surface area contributed by atoms with Crippen molar-refractivity contribution >= 4 is 10.9 Å². The van der Waals surface area contributed by atoms with Crippen LogP contribution in [0.1, 0.15) is 61.9 Å². The highest BCUT2D eigenvalue weighted by atomic mass is 19.4. The molecule has 0 spiro atoms. The maximum Gasteiger partial charge on any atom is 0.433 e. The zero-order valence-electron chi connectivity index (χ0n) is 19.9. The van der Waals surface area contributed by atoms with E-state index in [2.05, 4.69) is 30.7 Å². The van der Waals surface area contributed by atoms with Gasteiger partial charge in [-0.2, -0.15) is 18.3 Å². The monoisotopic (exact) mass is 487 g/mol. The van der Waals surface area contributed by atoms with Crippen LogP contribution >= 0.6 is 0 Å². The fraction of sp³-hybridized carbons (Fsp3) is 0.417. The number of aryl methyl sites for hydroxylation is 1. The molecule has 35 heavy (non-hydrogen) atoms. The van der Waals surface area contributed by atoms with E-state index in [-0.39, 0.29) is 18.2 Å². The number of hydrogen-bond acceptors (Lipinski definition) is 6. The Bertz CT molecular complexity index is 1310. The van der Waals surface area contributed by atoms with Crippen molar-refractivity contribution in [2.45, 2.75) is 51.4 Å². The van der Waals surface area contributed by atoms with Gasteiger partial charge in [-0.1, -0.05) is 25.1 Å². The summed E-state index contributed by atoms with van der Waals surface area (Å²) < 4.78 is 43.1. The SMILES string of the molecule is CC[C@H](c1cccc(-c2n[nH]c3c([C@@H](C)NC[C@H](C)O)nc(C(F)(F)F)cc23)c1)c1nncn1C. The number of fused-ring (bicyclic) bond motifs is 1. The molecule has 0 aliphatic carbocycles. The van der Waals surface area contributed by atoms with Crippen molar-refractivity contribution in [1.29, 1.82) is 0 Å². The highest BCUT2D eigenvalue weighted by Crippen LogP contribution is 2.37. The summed E-state index contributed by atoms with van der Waals surface area (Å²) in [6.45, 7) is 5.56. The molecule has 0 fully saturated rings. The molecule has 186 valence electrons. The van der Waals surface area contributed by atoms with E-state index in [0.29, 0.717) is 22.2 Å². The molecule has 0 bridgehead atoms. The number of aromatic nitrogens is 6. The van der Waals surface area contributed by atoms with Crippen molar-refractivity contribution in [1.82, 2.24) is 35.3 Å². The van der Waals surface area contributed by atoms with Crippen LogP contribution in [-0.4, -0.2) is 47.7 Å². The fourth-order valence-corrected chi connectivity index (χ4v) is 4.24. The lowest BCUT2D eigenvalue weighted by atomic mass is 9.93. The Kier molecular flexibility index (Phi) is 6.91. The first-order valence-corrected chi connectivity index (χ1v) is 11.4. The molecule has 8 nitrogen and oxygen atoms in total. The molecule has 3 N–H and O–H groups in total. The number of benzene rings is 1. The summed E-state index contributed by atoms with van der Waals surface area (Å²) in [6, 6.07) is 8.08. The van der Waals surface area contributed by atoms with Gasteiger partial charge >= 0.3 is 6.18 Å². The number of alkyl halides is 3. The number of pyridine rings is 1. The van der Waals surface area contributed by atoms with E-state index in [1.807, 2.05) is 42.8 Å². The molecule has 3 heterocycles. The summed E-state index contributed by atoms with van der Waals surface area (Å²) in [6.07, 6.45) is -2.86. The van der Waals surface area contributed by atoms with Gasteiger partial charge in [0.05, 0.1) is 17.3 Å². The summed E-state index contributed by atoms with van der Waals surface area (Å²) in [5.74, 6) is 0.778. The maximum absolute atomic E-state index is 13.8. The van der Waals surface area contributed by atoms with Gasteiger partial charge in [-0.15, -0.1) is 10.2 Å². The summed E-state index contributed by atoms with van der Waals surface area (Å²) in [4.78, 5) is 3.90. The van der Waals surface area contributed by atoms with E-state index in [0.717, 1.165) is 23.9 Å². The van der Waals surface area contributed by atoms with Crippen molar-refractivity contribution in [2.24, 2.45) is 7.05 Å². The lowest BCUT2D eigenvalue weighted by molar-refractivity contribution is -0.141. The lowest BCUT2D eigenvalue weighted by Crippen LogP contribution is -2.28. The number of nitrogens with zero attached hydrogens (tertiary/aromatic N) is 5. The smallest absolute Gasteiger partial charge is 0.392 e. The van der Waals surface area contributed by atoms with Crippen molar-refractivity contribution in [2.75, 3.05) is 6.54 Å².